The second-order valence-electron chi connectivity index (χ2n) is 13.3. The van der Waals surface area contributed by atoms with Crippen LogP contribution in [0.1, 0.15) is 92.0 Å². The van der Waals surface area contributed by atoms with Gasteiger partial charge in [-0.3, -0.25) is 14.5 Å². The van der Waals surface area contributed by atoms with Crippen molar-refractivity contribution in [2.75, 3.05) is 6.54 Å². The fraction of sp³-hybridized carbons (Fsp3) is 0.571. The highest BCUT2D eigenvalue weighted by Gasteiger charge is 2.44. The molecule has 0 radical (unpaired) electrons. The first-order valence-electron chi connectivity index (χ1n) is 17.0. The van der Waals surface area contributed by atoms with Gasteiger partial charge in [-0.15, -0.1) is 0 Å². The van der Waals surface area contributed by atoms with Gasteiger partial charge in [0.2, 0.25) is 11.8 Å². The minimum Gasteiger partial charge on any atom is -0.444 e. The lowest BCUT2D eigenvalue weighted by Gasteiger charge is -2.30. The fourth-order valence-electron chi connectivity index (χ4n) is 7.02. The predicted octanol–water partition coefficient (Wildman–Crippen LogP) is 3.90. The van der Waals surface area contributed by atoms with E-state index in [0.717, 1.165) is 67.2 Å². The van der Waals surface area contributed by atoms with Crippen LogP contribution in [0, 0.1) is 13.8 Å². The molecule has 5 rings (SSSR count). The SMILES string of the molecule is Cc1ccc(CN[C@H]2CCCCCCCCC[C@@H](B(O)O)NC(=O)[C@@H]3C[C@@H](OC(=O)N4Cc5ccccc5C4)CN3C2=O)c(C)c1. The van der Waals surface area contributed by atoms with E-state index < -0.39 is 43.2 Å². The third-order valence-corrected chi connectivity index (χ3v) is 9.75. The summed E-state index contributed by atoms with van der Waals surface area (Å²) in [6.45, 7) is 5.64. The molecule has 3 aliphatic heterocycles. The topological polar surface area (TPSA) is 131 Å². The average Bonchev–Trinajstić information content (AvgIpc) is 3.66. The second kappa shape index (κ2) is 15.9. The van der Waals surface area contributed by atoms with E-state index in [-0.39, 0.29) is 18.9 Å². The van der Waals surface area contributed by atoms with Crippen molar-refractivity contribution in [3.8, 4) is 0 Å². The molecule has 2 saturated heterocycles. The molecule has 0 unspecified atom stereocenters. The highest BCUT2D eigenvalue weighted by molar-refractivity contribution is 6.43. The van der Waals surface area contributed by atoms with Gasteiger partial charge >= 0.3 is 13.2 Å². The summed E-state index contributed by atoms with van der Waals surface area (Å²) < 4.78 is 5.94. The van der Waals surface area contributed by atoms with Gasteiger partial charge in [0.15, 0.2) is 0 Å². The van der Waals surface area contributed by atoms with Crippen LogP contribution in [0.15, 0.2) is 42.5 Å². The number of amides is 3. The molecule has 4 atom stereocenters. The van der Waals surface area contributed by atoms with E-state index in [0.29, 0.717) is 32.5 Å². The maximum Gasteiger partial charge on any atom is 0.475 e. The normalized spacial score (nSPS) is 24.7. The van der Waals surface area contributed by atoms with Gasteiger partial charge in [0, 0.05) is 26.1 Å². The molecule has 0 aliphatic carbocycles. The maximum atomic E-state index is 14.3. The third-order valence-electron chi connectivity index (χ3n) is 9.75. The smallest absolute Gasteiger partial charge is 0.444 e. The molecule has 0 saturated carbocycles. The summed E-state index contributed by atoms with van der Waals surface area (Å²) in [6.07, 6.45) is 6.86. The zero-order chi connectivity index (χ0) is 32.6. The minimum atomic E-state index is -1.72. The summed E-state index contributed by atoms with van der Waals surface area (Å²) in [4.78, 5) is 44.5. The largest absolute Gasteiger partial charge is 0.475 e. The number of carbonyl (C=O) groups is 3. The Morgan fingerprint density at radius 2 is 1.61 bits per heavy atom. The maximum absolute atomic E-state index is 14.3. The van der Waals surface area contributed by atoms with Crippen LogP contribution < -0.4 is 10.6 Å². The summed E-state index contributed by atoms with van der Waals surface area (Å²) >= 11 is 0. The highest BCUT2D eigenvalue weighted by Crippen LogP contribution is 2.27. The van der Waals surface area contributed by atoms with E-state index in [1.54, 1.807) is 9.80 Å². The standard InChI is InChI=1S/C35H49BN4O6/c1-24-16-17-26(25(2)18-24)20-37-30-14-8-6-4-3-5-7-9-15-32(36(44)45)38-33(41)31-19-29(23-40(31)34(30)42)46-35(43)39-21-27-12-10-11-13-28(27)22-39/h10-13,16-18,29-32,37,44-45H,3-9,14-15,19-23H2,1-2H3,(H,38,41)/t29-,30+,31+,32+/m1/s1. The Balaban J connectivity index is 1.34. The van der Waals surface area contributed by atoms with E-state index in [4.69, 9.17) is 4.74 Å². The molecule has 3 heterocycles. The molecule has 11 heteroatoms. The molecule has 3 amide bonds. The molecule has 3 aliphatic rings. The number of aryl methyl sites for hydroxylation is 2. The van der Waals surface area contributed by atoms with Crippen LogP contribution >= 0.6 is 0 Å². The number of carbonyl (C=O) groups excluding carboxylic acids is 3. The third kappa shape index (κ3) is 8.69. The van der Waals surface area contributed by atoms with Gasteiger partial charge in [0.1, 0.15) is 12.1 Å². The first kappa shape index (κ1) is 33.9. The van der Waals surface area contributed by atoms with Gasteiger partial charge in [-0.2, -0.15) is 0 Å². The quantitative estimate of drug-likeness (QED) is 0.368. The molecule has 248 valence electrons. The Labute approximate surface area is 273 Å². The Morgan fingerprint density at radius 3 is 2.26 bits per heavy atom. The van der Waals surface area contributed by atoms with Crippen molar-refractivity contribution >= 4 is 25.0 Å². The van der Waals surface area contributed by atoms with E-state index in [1.165, 1.54) is 5.56 Å². The zero-order valence-corrected chi connectivity index (χ0v) is 27.2. The lowest BCUT2D eigenvalue weighted by Crippen LogP contribution is -2.56. The number of fused-ring (bicyclic) bond motifs is 2. The summed E-state index contributed by atoms with van der Waals surface area (Å²) in [5.41, 5.74) is 5.60. The number of nitrogens with zero attached hydrogens (tertiary/aromatic N) is 2. The van der Waals surface area contributed by atoms with Crippen molar-refractivity contribution in [2.24, 2.45) is 0 Å². The van der Waals surface area contributed by atoms with Crippen molar-refractivity contribution in [1.82, 2.24) is 20.4 Å². The monoisotopic (exact) mass is 632 g/mol. The molecular formula is C35H49BN4O6. The number of hydrogen-bond donors (Lipinski definition) is 4. The number of benzene rings is 2. The van der Waals surface area contributed by atoms with Crippen molar-refractivity contribution < 1.29 is 29.2 Å². The molecule has 0 aromatic heterocycles. The van der Waals surface area contributed by atoms with Gasteiger partial charge in [0.25, 0.3) is 0 Å². The number of ether oxygens (including phenoxy) is 1. The summed E-state index contributed by atoms with van der Waals surface area (Å²) in [5, 5.41) is 26.5. The Kier molecular flexibility index (Phi) is 11.8. The molecule has 0 spiro atoms. The summed E-state index contributed by atoms with van der Waals surface area (Å²) in [7, 11) is -1.72. The van der Waals surface area contributed by atoms with Crippen LogP contribution in [0.5, 0.6) is 0 Å². The van der Waals surface area contributed by atoms with E-state index in [9.17, 15) is 24.4 Å². The second-order valence-corrected chi connectivity index (χ2v) is 13.3. The van der Waals surface area contributed by atoms with E-state index >= 15 is 0 Å². The van der Waals surface area contributed by atoms with Crippen LogP contribution in [0.4, 0.5) is 4.79 Å². The Morgan fingerprint density at radius 1 is 0.957 bits per heavy atom. The molecule has 2 fully saturated rings. The first-order chi connectivity index (χ1) is 22.2. The van der Waals surface area contributed by atoms with Crippen molar-refractivity contribution in [3.63, 3.8) is 0 Å². The highest BCUT2D eigenvalue weighted by atomic mass is 16.6. The van der Waals surface area contributed by atoms with Gasteiger partial charge in [0.05, 0.1) is 18.5 Å². The van der Waals surface area contributed by atoms with Crippen LogP contribution in [0.2, 0.25) is 0 Å². The Hall–Kier alpha value is -3.41. The summed E-state index contributed by atoms with van der Waals surface area (Å²) in [6, 6.07) is 12.7. The molecule has 46 heavy (non-hydrogen) atoms. The van der Waals surface area contributed by atoms with Crippen LogP contribution in [-0.2, 0) is 34.0 Å². The number of nitrogens with one attached hydrogen (secondary N) is 2. The lowest BCUT2D eigenvalue weighted by molar-refractivity contribution is -0.140. The van der Waals surface area contributed by atoms with E-state index in [2.05, 4.69) is 42.7 Å². The molecule has 4 N–H and O–H groups in total. The first-order valence-corrected chi connectivity index (χ1v) is 17.0. The summed E-state index contributed by atoms with van der Waals surface area (Å²) in [5.74, 6) is -1.51. The van der Waals surface area contributed by atoms with Gasteiger partial charge in [-0.25, -0.2) is 4.79 Å². The molecule has 2 aromatic carbocycles. The van der Waals surface area contributed by atoms with Crippen LogP contribution in [0.3, 0.4) is 0 Å². The Bertz CT molecular complexity index is 1350. The van der Waals surface area contributed by atoms with Gasteiger partial charge in [-0.1, -0.05) is 93.0 Å². The molecule has 2 aromatic rings. The van der Waals surface area contributed by atoms with Crippen molar-refractivity contribution in [3.05, 3.63) is 70.3 Å². The van der Waals surface area contributed by atoms with Gasteiger partial charge in [-0.05, 0) is 48.9 Å². The van der Waals surface area contributed by atoms with Gasteiger partial charge < -0.3 is 30.3 Å². The number of hydrogen-bond acceptors (Lipinski definition) is 7. The minimum absolute atomic E-state index is 0.0948. The lowest BCUT2D eigenvalue weighted by atomic mass is 9.76. The van der Waals surface area contributed by atoms with E-state index in [1.807, 2.05) is 24.3 Å². The fourth-order valence-corrected chi connectivity index (χ4v) is 7.02. The van der Waals surface area contributed by atoms with Crippen molar-refractivity contribution in [1.29, 1.82) is 0 Å². The predicted molar refractivity (Wildman–Crippen MR) is 176 cm³/mol. The van der Waals surface area contributed by atoms with Crippen LogP contribution in [0.25, 0.3) is 0 Å². The molecule has 0 bridgehead atoms. The molecular weight excluding hydrogens is 583 g/mol. The molecule has 10 nitrogen and oxygen atoms in total. The average molecular weight is 633 g/mol. The van der Waals surface area contributed by atoms with Crippen LogP contribution in [-0.4, -0.2) is 75.5 Å². The van der Waals surface area contributed by atoms with Crippen molar-refractivity contribution in [2.45, 2.75) is 122 Å². The number of rotatable bonds is 5. The zero-order valence-electron chi connectivity index (χ0n) is 27.2.